The fraction of sp³-hybridized carbons (Fsp3) is 0.571. The van der Waals surface area contributed by atoms with Crippen LogP contribution in [0.15, 0.2) is 30.5 Å². The Morgan fingerprint density at radius 3 is 2.43 bits per heavy atom. The highest BCUT2D eigenvalue weighted by Crippen LogP contribution is 2.23. The van der Waals surface area contributed by atoms with Crippen LogP contribution < -0.4 is 4.90 Å². The number of anilines is 1. The molecule has 7 heteroatoms. The fourth-order valence-corrected chi connectivity index (χ4v) is 4.15. The quantitative estimate of drug-likeness (QED) is 0.859. The van der Waals surface area contributed by atoms with Gasteiger partial charge in [0.25, 0.3) is 5.91 Å². The molecule has 3 heterocycles. The van der Waals surface area contributed by atoms with E-state index in [9.17, 15) is 9.90 Å². The molecule has 7 nitrogen and oxygen atoms in total. The molecule has 2 aliphatic heterocycles. The minimum Gasteiger partial charge on any atom is -0.387 e. The van der Waals surface area contributed by atoms with Gasteiger partial charge < -0.3 is 14.9 Å². The number of hydrogen-bond acceptors (Lipinski definition) is 5. The Bertz CT molecular complexity index is 787. The van der Waals surface area contributed by atoms with Crippen molar-refractivity contribution in [3.8, 4) is 0 Å². The summed E-state index contributed by atoms with van der Waals surface area (Å²) >= 11 is 0. The molecule has 2 saturated heterocycles. The van der Waals surface area contributed by atoms with Gasteiger partial charge >= 0.3 is 0 Å². The van der Waals surface area contributed by atoms with Crippen molar-refractivity contribution in [3.05, 3.63) is 41.7 Å². The topological polar surface area (TPSA) is 74.5 Å². The number of carbonyl (C=O) groups is 1. The Labute approximate surface area is 165 Å². The Morgan fingerprint density at radius 2 is 1.82 bits per heavy atom. The van der Waals surface area contributed by atoms with E-state index < -0.39 is 6.10 Å². The predicted octanol–water partition coefficient (Wildman–Crippen LogP) is 2.48. The zero-order valence-corrected chi connectivity index (χ0v) is 16.5. The van der Waals surface area contributed by atoms with E-state index in [0.717, 1.165) is 51.1 Å². The van der Waals surface area contributed by atoms with Crippen molar-refractivity contribution in [1.82, 2.24) is 19.9 Å². The lowest BCUT2D eigenvalue weighted by molar-refractivity contribution is 0.0681. The highest BCUT2D eigenvalue weighted by atomic mass is 16.3. The predicted molar refractivity (Wildman–Crippen MR) is 107 cm³/mol. The first-order valence-electron chi connectivity index (χ1n) is 10.3. The Hall–Kier alpha value is -2.41. The number of aliphatic hydroxyl groups is 1. The van der Waals surface area contributed by atoms with Gasteiger partial charge in [0.05, 0.1) is 12.3 Å². The molecule has 1 amide bonds. The van der Waals surface area contributed by atoms with Crippen molar-refractivity contribution in [3.63, 3.8) is 0 Å². The zero-order valence-electron chi connectivity index (χ0n) is 16.5. The van der Waals surface area contributed by atoms with Gasteiger partial charge in [-0.1, -0.05) is 5.21 Å². The number of hydrogen-bond donors (Lipinski definition) is 1. The number of rotatable bonds is 5. The van der Waals surface area contributed by atoms with E-state index in [2.05, 4.69) is 27.3 Å². The average Bonchev–Trinajstić information content (AvgIpc) is 3.40. The molecule has 1 aromatic carbocycles. The normalized spacial score (nSPS) is 19.2. The molecule has 0 radical (unpaired) electrons. The first kappa shape index (κ1) is 18.9. The zero-order chi connectivity index (χ0) is 19.5. The van der Waals surface area contributed by atoms with Crippen LogP contribution >= 0.6 is 0 Å². The van der Waals surface area contributed by atoms with Gasteiger partial charge in [-0.05, 0) is 62.8 Å². The second-order valence-corrected chi connectivity index (χ2v) is 8.02. The van der Waals surface area contributed by atoms with Crippen LogP contribution in [0.1, 0.15) is 54.8 Å². The average molecular weight is 383 g/mol. The molecule has 2 fully saturated rings. The van der Waals surface area contributed by atoms with Crippen molar-refractivity contribution in [2.75, 3.05) is 31.1 Å². The summed E-state index contributed by atoms with van der Waals surface area (Å²) in [6.07, 6.45) is 5.65. The van der Waals surface area contributed by atoms with Gasteiger partial charge in [-0.25, -0.2) is 0 Å². The number of nitrogens with zero attached hydrogens (tertiary/aromatic N) is 5. The van der Waals surface area contributed by atoms with E-state index in [4.69, 9.17) is 0 Å². The molecular weight excluding hydrogens is 354 g/mol. The number of aromatic nitrogens is 3. The van der Waals surface area contributed by atoms with Crippen LogP contribution in [0, 0.1) is 5.92 Å². The van der Waals surface area contributed by atoms with Crippen molar-refractivity contribution < 1.29 is 9.90 Å². The lowest BCUT2D eigenvalue weighted by Crippen LogP contribution is -2.39. The lowest BCUT2D eigenvalue weighted by Gasteiger charge is -2.32. The van der Waals surface area contributed by atoms with Gasteiger partial charge in [-0.3, -0.25) is 9.48 Å². The highest BCUT2D eigenvalue weighted by molar-refractivity contribution is 5.94. The smallest absolute Gasteiger partial charge is 0.253 e. The summed E-state index contributed by atoms with van der Waals surface area (Å²) in [6, 6.07) is 8.09. The van der Waals surface area contributed by atoms with E-state index in [0.29, 0.717) is 11.6 Å². The van der Waals surface area contributed by atoms with Crippen LogP contribution in [0.25, 0.3) is 0 Å². The molecule has 1 unspecified atom stereocenters. The van der Waals surface area contributed by atoms with Crippen LogP contribution in [0.2, 0.25) is 0 Å². The standard InChI is InChI=1S/C21H29N5O2/c1-16(27)20-15-26(23-22-20)14-17-8-12-25(13-9-17)21(28)18-4-6-19(7-5-18)24-10-2-3-11-24/h4-7,15-17,27H,2-3,8-14H2,1H3. The molecule has 1 N–H and O–H groups in total. The maximum atomic E-state index is 12.8. The highest BCUT2D eigenvalue weighted by Gasteiger charge is 2.24. The second kappa shape index (κ2) is 8.31. The Balaban J connectivity index is 1.29. The van der Waals surface area contributed by atoms with Crippen LogP contribution in [0.3, 0.4) is 0 Å². The van der Waals surface area contributed by atoms with Gasteiger partial charge in [0.1, 0.15) is 5.69 Å². The molecule has 4 rings (SSSR count). The third kappa shape index (κ3) is 4.19. The van der Waals surface area contributed by atoms with Crippen LogP contribution in [0.5, 0.6) is 0 Å². The third-order valence-electron chi connectivity index (χ3n) is 5.92. The Kier molecular flexibility index (Phi) is 5.62. The number of likely N-dealkylation sites (tertiary alicyclic amines) is 1. The van der Waals surface area contributed by atoms with E-state index in [1.54, 1.807) is 11.6 Å². The number of aliphatic hydroxyl groups excluding tert-OH is 1. The molecule has 0 bridgehead atoms. The first-order chi connectivity index (χ1) is 13.6. The summed E-state index contributed by atoms with van der Waals surface area (Å²) < 4.78 is 1.81. The number of carbonyl (C=O) groups excluding carboxylic acids is 1. The molecule has 0 saturated carbocycles. The van der Waals surface area contributed by atoms with Gasteiger partial charge in [0.15, 0.2) is 0 Å². The summed E-state index contributed by atoms with van der Waals surface area (Å²) in [5.41, 5.74) is 2.60. The van der Waals surface area contributed by atoms with Gasteiger partial charge in [-0.2, -0.15) is 0 Å². The molecule has 1 atom stereocenters. The van der Waals surface area contributed by atoms with Crippen LogP contribution in [0.4, 0.5) is 5.69 Å². The fourth-order valence-electron chi connectivity index (χ4n) is 4.15. The number of benzene rings is 1. The van der Waals surface area contributed by atoms with Crippen molar-refractivity contribution in [2.45, 2.75) is 45.3 Å². The second-order valence-electron chi connectivity index (χ2n) is 8.02. The SMILES string of the molecule is CC(O)c1cn(CC2CCN(C(=O)c3ccc(N4CCCC4)cc3)CC2)nn1. The molecule has 1 aromatic heterocycles. The number of piperidine rings is 1. The van der Waals surface area contributed by atoms with E-state index in [-0.39, 0.29) is 5.91 Å². The summed E-state index contributed by atoms with van der Waals surface area (Å²) in [5.74, 6) is 0.605. The Morgan fingerprint density at radius 1 is 1.14 bits per heavy atom. The van der Waals surface area contributed by atoms with Crippen LogP contribution in [-0.2, 0) is 6.54 Å². The summed E-state index contributed by atoms with van der Waals surface area (Å²) in [4.78, 5) is 17.2. The molecular formula is C21H29N5O2. The molecule has 2 aliphatic rings. The molecule has 0 aliphatic carbocycles. The maximum absolute atomic E-state index is 12.8. The van der Waals surface area contributed by atoms with E-state index in [1.807, 2.05) is 23.2 Å². The summed E-state index contributed by atoms with van der Waals surface area (Å²) in [7, 11) is 0. The van der Waals surface area contributed by atoms with Gasteiger partial charge in [0.2, 0.25) is 0 Å². The van der Waals surface area contributed by atoms with Crippen molar-refractivity contribution in [2.24, 2.45) is 5.92 Å². The largest absolute Gasteiger partial charge is 0.387 e. The molecule has 28 heavy (non-hydrogen) atoms. The molecule has 2 aromatic rings. The number of amides is 1. The van der Waals surface area contributed by atoms with Crippen LogP contribution in [-0.4, -0.2) is 57.1 Å². The summed E-state index contributed by atoms with van der Waals surface area (Å²) in [6.45, 7) is 6.25. The molecule has 0 spiro atoms. The van der Waals surface area contributed by atoms with E-state index in [1.165, 1.54) is 18.5 Å². The third-order valence-corrected chi connectivity index (χ3v) is 5.92. The minimum absolute atomic E-state index is 0.128. The van der Waals surface area contributed by atoms with Gasteiger partial charge in [0, 0.05) is 44.0 Å². The minimum atomic E-state index is -0.593. The first-order valence-corrected chi connectivity index (χ1v) is 10.3. The lowest BCUT2D eigenvalue weighted by atomic mass is 9.96. The van der Waals surface area contributed by atoms with E-state index >= 15 is 0 Å². The van der Waals surface area contributed by atoms with Gasteiger partial charge in [-0.15, -0.1) is 5.10 Å². The molecule has 150 valence electrons. The summed E-state index contributed by atoms with van der Waals surface area (Å²) in [5, 5.41) is 17.7. The van der Waals surface area contributed by atoms with Crippen molar-refractivity contribution in [1.29, 1.82) is 0 Å². The van der Waals surface area contributed by atoms with Crippen molar-refractivity contribution >= 4 is 11.6 Å². The monoisotopic (exact) mass is 383 g/mol. The maximum Gasteiger partial charge on any atom is 0.253 e.